The summed E-state index contributed by atoms with van der Waals surface area (Å²) in [5.41, 5.74) is 6.05. The number of carbonyl (C=O) groups is 1. The maximum absolute atomic E-state index is 10.8. The lowest BCUT2D eigenvalue weighted by Gasteiger charge is -2.11. The molecule has 0 heterocycles. The first kappa shape index (κ1) is 10.9. The molecule has 0 aliphatic carbocycles. The van der Waals surface area contributed by atoms with E-state index < -0.39 is 0 Å². The van der Waals surface area contributed by atoms with Crippen LogP contribution in [0, 0.1) is 0 Å². The summed E-state index contributed by atoms with van der Waals surface area (Å²) in [5.74, 6) is -0.348. The van der Waals surface area contributed by atoms with Crippen LogP contribution in [0.1, 0.15) is 6.92 Å². The van der Waals surface area contributed by atoms with Gasteiger partial charge in [0.05, 0.1) is 0 Å². The van der Waals surface area contributed by atoms with Gasteiger partial charge in [0.1, 0.15) is 6.04 Å². The third-order valence-electron chi connectivity index (χ3n) is 1.90. The van der Waals surface area contributed by atoms with Gasteiger partial charge in [0.2, 0.25) is 5.91 Å². The molecule has 0 radical (unpaired) electrons. The summed E-state index contributed by atoms with van der Waals surface area (Å²) in [7, 11) is 0. The number of carbonyl (C=O) groups excluding carboxylic acids is 1. The van der Waals surface area contributed by atoms with Crippen molar-refractivity contribution in [2.24, 2.45) is 5.73 Å². The molecule has 0 spiro atoms. The van der Waals surface area contributed by atoms with Crippen LogP contribution in [0.2, 0.25) is 0 Å². The van der Waals surface area contributed by atoms with E-state index in [1.807, 2.05) is 30.5 Å². The zero-order valence-electron chi connectivity index (χ0n) is 8.28. The van der Waals surface area contributed by atoms with Crippen molar-refractivity contribution in [3.63, 3.8) is 0 Å². The van der Waals surface area contributed by atoms with Gasteiger partial charge in [-0.2, -0.15) is 0 Å². The minimum absolute atomic E-state index is 0.338. The van der Waals surface area contributed by atoms with Crippen molar-refractivity contribution < 1.29 is 4.79 Å². The minimum atomic E-state index is -0.348. The normalized spacial score (nSPS) is 12.1. The van der Waals surface area contributed by atoms with Crippen LogP contribution >= 0.6 is 11.8 Å². The molecule has 1 amide bonds. The van der Waals surface area contributed by atoms with Gasteiger partial charge in [0, 0.05) is 10.6 Å². The van der Waals surface area contributed by atoms with E-state index in [1.54, 1.807) is 18.7 Å². The van der Waals surface area contributed by atoms with E-state index in [1.165, 1.54) is 4.90 Å². The number of thioether (sulfide) groups is 1. The second-order valence-electron chi connectivity index (χ2n) is 3.00. The SMILES string of the molecule is CSc1ccc(NC(C)C(N)=O)cc1. The quantitative estimate of drug-likeness (QED) is 0.744. The summed E-state index contributed by atoms with van der Waals surface area (Å²) in [5, 5.41) is 3.01. The number of anilines is 1. The Morgan fingerprint density at radius 3 is 2.43 bits per heavy atom. The van der Waals surface area contributed by atoms with Crippen molar-refractivity contribution >= 4 is 23.4 Å². The average Bonchev–Trinajstić information content (AvgIpc) is 2.19. The molecule has 1 aromatic carbocycles. The molecule has 0 saturated carbocycles. The number of hydrogen-bond donors (Lipinski definition) is 2. The van der Waals surface area contributed by atoms with Crippen LogP contribution in [0.3, 0.4) is 0 Å². The molecule has 0 aliphatic rings. The lowest BCUT2D eigenvalue weighted by atomic mass is 10.2. The molecule has 1 unspecified atom stereocenters. The van der Waals surface area contributed by atoms with E-state index >= 15 is 0 Å². The Kier molecular flexibility index (Phi) is 3.83. The average molecular weight is 210 g/mol. The highest BCUT2D eigenvalue weighted by molar-refractivity contribution is 7.98. The number of amides is 1. The van der Waals surface area contributed by atoms with Crippen LogP contribution in [0.5, 0.6) is 0 Å². The molecule has 1 aromatic rings. The number of rotatable bonds is 4. The zero-order chi connectivity index (χ0) is 10.6. The Balaban J connectivity index is 2.64. The van der Waals surface area contributed by atoms with Crippen LogP contribution in [0.25, 0.3) is 0 Å². The molecule has 76 valence electrons. The molecule has 0 aliphatic heterocycles. The lowest BCUT2D eigenvalue weighted by molar-refractivity contribution is -0.118. The standard InChI is InChI=1S/C10H14N2OS/c1-7(10(11)13)12-8-3-5-9(14-2)6-4-8/h3-7,12H,1-2H3,(H2,11,13). The first-order valence-corrected chi connectivity index (χ1v) is 5.56. The van der Waals surface area contributed by atoms with E-state index in [9.17, 15) is 4.79 Å². The molecule has 3 N–H and O–H groups in total. The lowest BCUT2D eigenvalue weighted by Crippen LogP contribution is -2.32. The van der Waals surface area contributed by atoms with Gasteiger partial charge in [-0.3, -0.25) is 4.79 Å². The monoisotopic (exact) mass is 210 g/mol. The van der Waals surface area contributed by atoms with Crippen molar-refractivity contribution in [2.75, 3.05) is 11.6 Å². The van der Waals surface area contributed by atoms with Crippen LogP contribution < -0.4 is 11.1 Å². The van der Waals surface area contributed by atoms with E-state index in [-0.39, 0.29) is 11.9 Å². The van der Waals surface area contributed by atoms with E-state index in [4.69, 9.17) is 5.73 Å². The number of primary amides is 1. The molecule has 1 atom stereocenters. The second kappa shape index (κ2) is 4.91. The molecular weight excluding hydrogens is 196 g/mol. The predicted octanol–water partition coefficient (Wildman–Crippen LogP) is 1.69. The summed E-state index contributed by atoms with van der Waals surface area (Å²) < 4.78 is 0. The second-order valence-corrected chi connectivity index (χ2v) is 3.88. The fourth-order valence-corrected chi connectivity index (χ4v) is 1.42. The Hall–Kier alpha value is -1.16. The van der Waals surface area contributed by atoms with Gasteiger partial charge in [-0.1, -0.05) is 0 Å². The molecule has 0 fully saturated rings. The highest BCUT2D eigenvalue weighted by atomic mass is 32.2. The molecule has 14 heavy (non-hydrogen) atoms. The van der Waals surface area contributed by atoms with Gasteiger partial charge in [-0.05, 0) is 37.4 Å². The molecule has 0 bridgehead atoms. The molecule has 4 heteroatoms. The Bertz CT molecular complexity index is 310. The van der Waals surface area contributed by atoms with Crippen molar-refractivity contribution in [1.82, 2.24) is 0 Å². The van der Waals surface area contributed by atoms with Gasteiger partial charge >= 0.3 is 0 Å². The fraction of sp³-hybridized carbons (Fsp3) is 0.300. The first-order valence-electron chi connectivity index (χ1n) is 4.33. The zero-order valence-corrected chi connectivity index (χ0v) is 9.10. The summed E-state index contributed by atoms with van der Waals surface area (Å²) in [4.78, 5) is 12.0. The topological polar surface area (TPSA) is 55.1 Å². The third-order valence-corrected chi connectivity index (χ3v) is 2.64. The van der Waals surface area contributed by atoms with Crippen LogP contribution in [-0.2, 0) is 4.79 Å². The van der Waals surface area contributed by atoms with Gasteiger partial charge in [0.25, 0.3) is 0 Å². The largest absolute Gasteiger partial charge is 0.374 e. The van der Waals surface area contributed by atoms with Gasteiger partial charge < -0.3 is 11.1 Å². The molecule has 0 aromatic heterocycles. The Morgan fingerprint density at radius 2 is 2.00 bits per heavy atom. The van der Waals surface area contributed by atoms with Crippen molar-refractivity contribution in [3.05, 3.63) is 24.3 Å². The van der Waals surface area contributed by atoms with E-state index in [2.05, 4.69) is 5.32 Å². The summed E-state index contributed by atoms with van der Waals surface area (Å²) in [6.07, 6.45) is 2.02. The highest BCUT2D eigenvalue weighted by Gasteiger charge is 2.06. The summed E-state index contributed by atoms with van der Waals surface area (Å²) >= 11 is 1.68. The number of hydrogen-bond acceptors (Lipinski definition) is 3. The van der Waals surface area contributed by atoms with Crippen molar-refractivity contribution in [1.29, 1.82) is 0 Å². The van der Waals surface area contributed by atoms with E-state index in [0.717, 1.165) is 5.69 Å². The highest BCUT2D eigenvalue weighted by Crippen LogP contribution is 2.17. The first-order chi connectivity index (χ1) is 6.63. The van der Waals surface area contributed by atoms with Gasteiger partial charge in [-0.15, -0.1) is 11.8 Å². The summed E-state index contributed by atoms with van der Waals surface area (Å²) in [6, 6.07) is 7.54. The molecule has 1 rings (SSSR count). The number of nitrogens with one attached hydrogen (secondary N) is 1. The van der Waals surface area contributed by atoms with Crippen LogP contribution in [0.4, 0.5) is 5.69 Å². The Morgan fingerprint density at radius 1 is 1.43 bits per heavy atom. The Labute approximate surface area is 88.1 Å². The van der Waals surface area contributed by atoms with Gasteiger partial charge in [0.15, 0.2) is 0 Å². The van der Waals surface area contributed by atoms with Crippen LogP contribution in [-0.4, -0.2) is 18.2 Å². The molecular formula is C10H14N2OS. The maximum Gasteiger partial charge on any atom is 0.239 e. The minimum Gasteiger partial charge on any atom is -0.374 e. The third kappa shape index (κ3) is 2.96. The number of nitrogens with two attached hydrogens (primary N) is 1. The molecule has 3 nitrogen and oxygen atoms in total. The smallest absolute Gasteiger partial charge is 0.239 e. The fourth-order valence-electron chi connectivity index (χ4n) is 1.01. The van der Waals surface area contributed by atoms with Gasteiger partial charge in [-0.25, -0.2) is 0 Å². The van der Waals surface area contributed by atoms with Crippen molar-refractivity contribution in [3.8, 4) is 0 Å². The maximum atomic E-state index is 10.8. The predicted molar refractivity (Wildman–Crippen MR) is 60.5 cm³/mol. The van der Waals surface area contributed by atoms with Crippen molar-refractivity contribution in [2.45, 2.75) is 17.9 Å². The number of benzene rings is 1. The summed E-state index contributed by atoms with van der Waals surface area (Å²) in [6.45, 7) is 1.74. The van der Waals surface area contributed by atoms with E-state index in [0.29, 0.717) is 0 Å². The van der Waals surface area contributed by atoms with Crippen LogP contribution in [0.15, 0.2) is 29.2 Å². The molecule has 0 saturated heterocycles.